The molecule has 1 atom stereocenters. The van der Waals surface area contributed by atoms with Crippen LogP contribution in [0.1, 0.15) is 22.6 Å². The molecule has 26 heavy (non-hydrogen) atoms. The molecule has 4 aromatic rings. The molecule has 1 aliphatic rings. The van der Waals surface area contributed by atoms with Gasteiger partial charge in [0.2, 0.25) is 0 Å². The Morgan fingerprint density at radius 2 is 1.65 bits per heavy atom. The molecular weight excluding hydrogens is 342 g/mol. The van der Waals surface area contributed by atoms with Gasteiger partial charge in [0.05, 0.1) is 0 Å². The van der Waals surface area contributed by atoms with E-state index in [4.69, 9.17) is 16.3 Å². The summed E-state index contributed by atoms with van der Waals surface area (Å²) in [5.74, 6) is 1.80. The maximum Gasteiger partial charge on any atom is 0.131 e. The fourth-order valence-electron chi connectivity index (χ4n) is 3.62. The smallest absolute Gasteiger partial charge is 0.131 e. The Labute approximate surface area is 156 Å². The summed E-state index contributed by atoms with van der Waals surface area (Å²) in [6.45, 7) is 0. The van der Waals surface area contributed by atoms with Crippen LogP contribution in [0.3, 0.4) is 0 Å². The van der Waals surface area contributed by atoms with Gasteiger partial charge in [0.25, 0.3) is 0 Å². The van der Waals surface area contributed by atoms with Gasteiger partial charge >= 0.3 is 0 Å². The van der Waals surface area contributed by atoms with Crippen molar-refractivity contribution in [3.8, 4) is 5.75 Å². The van der Waals surface area contributed by atoms with E-state index < -0.39 is 0 Å². The molecule has 0 amide bonds. The molecule has 0 saturated carbocycles. The first-order valence-electron chi connectivity index (χ1n) is 8.60. The van der Waals surface area contributed by atoms with Gasteiger partial charge in [0.1, 0.15) is 11.5 Å². The van der Waals surface area contributed by atoms with Crippen molar-refractivity contribution in [1.82, 2.24) is 4.98 Å². The average molecular weight is 358 g/mol. The molecule has 5 rings (SSSR count). The molecule has 2 heterocycles. The van der Waals surface area contributed by atoms with E-state index in [1.165, 1.54) is 10.9 Å². The first kappa shape index (κ1) is 15.3. The highest BCUT2D eigenvalue weighted by Crippen LogP contribution is 2.43. The van der Waals surface area contributed by atoms with Crippen molar-refractivity contribution >= 4 is 28.3 Å². The molecule has 1 aliphatic heterocycles. The maximum atomic E-state index is 6.29. The number of ether oxygens (including phenoxy) is 1. The van der Waals surface area contributed by atoms with Crippen molar-refractivity contribution in [3.63, 3.8) is 0 Å². The number of fused-ring (bicyclic) bond motifs is 2. The van der Waals surface area contributed by atoms with Crippen molar-refractivity contribution in [2.45, 2.75) is 5.92 Å². The van der Waals surface area contributed by atoms with E-state index in [2.05, 4.69) is 47.6 Å². The number of hydrogen-bond donors (Lipinski definition) is 1. The van der Waals surface area contributed by atoms with Gasteiger partial charge < -0.3 is 9.72 Å². The SMILES string of the molecule is Clc1ccc2c(c1)C(c1c[nH]c3ccccc13)C=C(c1ccccc1)O2. The van der Waals surface area contributed by atoms with Crippen LogP contribution in [0.25, 0.3) is 16.7 Å². The number of H-pyrrole nitrogens is 1. The van der Waals surface area contributed by atoms with Crippen LogP contribution < -0.4 is 4.74 Å². The molecule has 3 heteroatoms. The maximum absolute atomic E-state index is 6.29. The summed E-state index contributed by atoms with van der Waals surface area (Å²) >= 11 is 6.29. The van der Waals surface area contributed by atoms with Gasteiger partial charge in [-0.15, -0.1) is 0 Å². The summed E-state index contributed by atoms with van der Waals surface area (Å²) in [4.78, 5) is 3.38. The van der Waals surface area contributed by atoms with E-state index >= 15 is 0 Å². The van der Waals surface area contributed by atoms with Gasteiger partial charge in [0, 0.05) is 39.2 Å². The quantitative estimate of drug-likeness (QED) is 0.442. The van der Waals surface area contributed by atoms with E-state index in [9.17, 15) is 0 Å². The summed E-state index contributed by atoms with van der Waals surface area (Å²) < 4.78 is 6.21. The number of aromatic amines is 1. The predicted molar refractivity (Wildman–Crippen MR) is 107 cm³/mol. The minimum absolute atomic E-state index is 0.0730. The third-order valence-electron chi connectivity index (χ3n) is 4.86. The second kappa shape index (κ2) is 6.08. The molecule has 1 unspecified atom stereocenters. The molecule has 0 radical (unpaired) electrons. The van der Waals surface area contributed by atoms with Crippen LogP contribution >= 0.6 is 11.6 Å². The van der Waals surface area contributed by atoms with Gasteiger partial charge in [-0.3, -0.25) is 0 Å². The van der Waals surface area contributed by atoms with Crippen molar-refractivity contribution in [3.05, 3.63) is 107 Å². The number of allylic oxidation sites excluding steroid dienone is 1. The van der Waals surface area contributed by atoms with E-state index in [1.54, 1.807) is 0 Å². The lowest BCUT2D eigenvalue weighted by atomic mass is 9.87. The first-order valence-corrected chi connectivity index (χ1v) is 8.98. The zero-order valence-electron chi connectivity index (χ0n) is 13.9. The van der Waals surface area contributed by atoms with Gasteiger partial charge in [-0.1, -0.05) is 60.1 Å². The zero-order chi connectivity index (χ0) is 17.5. The third-order valence-corrected chi connectivity index (χ3v) is 5.09. The first-order chi connectivity index (χ1) is 12.8. The molecule has 1 N–H and O–H groups in total. The molecule has 1 aromatic heterocycles. The lowest BCUT2D eigenvalue weighted by Crippen LogP contribution is -2.10. The minimum atomic E-state index is 0.0730. The zero-order valence-corrected chi connectivity index (χ0v) is 14.7. The highest BCUT2D eigenvalue weighted by molar-refractivity contribution is 6.30. The van der Waals surface area contributed by atoms with Crippen LogP contribution in [0.15, 0.2) is 85.1 Å². The third kappa shape index (κ3) is 2.51. The normalized spacial score (nSPS) is 16.0. The van der Waals surface area contributed by atoms with Gasteiger partial charge in [-0.05, 0) is 35.9 Å². The van der Waals surface area contributed by atoms with Crippen molar-refractivity contribution in [1.29, 1.82) is 0 Å². The molecular formula is C23H16ClNO. The van der Waals surface area contributed by atoms with Gasteiger partial charge in [-0.2, -0.15) is 0 Å². The summed E-state index contributed by atoms with van der Waals surface area (Å²) in [5, 5.41) is 1.93. The lowest BCUT2D eigenvalue weighted by Gasteiger charge is -2.25. The predicted octanol–water partition coefficient (Wildman–Crippen LogP) is 6.39. The van der Waals surface area contributed by atoms with Crippen LogP contribution in [-0.2, 0) is 0 Å². The Hall–Kier alpha value is -2.97. The molecule has 0 bridgehead atoms. The standard InChI is InChI=1S/C23H16ClNO/c24-16-10-11-22-19(12-16)18(13-23(26-22)15-6-2-1-3-7-15)20-14-25-21-9-5-4-8-17(20)21/h1-14,18,25H. The number of aromatic nitrogens is 1. The summed E-state index contributed by atoms with van der Waals surface area (Å²) in [7, 11) is 0. The summed E-state index contributed by atoms with van der Waals surface area (Å²) in [5.41, 5.74) is 4.51. The Morgan fingerprint density at radius 3 is 2.54 bits per heavy atom. The summed E-state index contributed by atoms with van der Waals surface area (Å²) in [6.07, 6.45) is 4.27. The van der Waals surface area contributed by atoms with Crippen LogP contribution in [0.2, 0.25) is 5.02 Å². The van der Waals surface area contributed by atoms with Crippen LogP contribution in [-0.4, -0.2) is 4.98 Å². The second-order valence-electron chi connectivity index (χ2n) is 6.45. The number of hydrogen-bond acceptors (Lipinski definition) is 1. The van der Waals surface area contributed by atoms with E-state index in [1.807, 2.05) is 42.5 Å². The summed E-state index contributed by atoms with van der Waals surface area (Å²) in [6, 6.07) is 24.4. The number of para-hydroxylation sites is 1. The van der Waals surface area contributed by atoms with Gasteiger partial charge in [0.15, 0.2) is 0 Å². The van der Waals surface area contributed by atoms with Crippen molar-refractivity contribution in [2.75, 3.05) is 0 Å². The molecule has 3 aromatic carbocycles. The average Bonchev–Trinajstić information content (AvgIpc) is 3.12. The highest BCUT2D eigenvalue weighted by atomic mass is 35.5. The number of halogens is 1. The van der Waals surface area contributed by atoms with Crippen molar-refractivity contribution < 1.29 is 4.74 Å². The number of nitrogens with one attached hydrogen (secondary N) is 1. The van der Waals surface area contributed by atoms with Crippen LogP contribution in [0.4, 0.5) is 0 Å². The molecule has 2 nitrogen and oxygen atoms in total. The molecule has 0 aliphatic carbocycles. The molecule has 0 spiro atoms. The largest absolute Gasteiger partial charge is 0.457 e. The van der Waals surface area contributed by atoms with Gasteiger partial charge in [-0.25, -0.2) is 0 Å². The minimum Gasteiger partial charge on any atom is -0.457 e. The second-order valence-corrected chi connectivity index (χ2v) is 6.88. The Balaban J connectivity index is 1.73. The number of benzene rings is 3. The van der Waals surface area contributed by atoms with Crippen molar-refractivity contribution in [2.24, 2.45) is 0 Å². The Bertz CT molecular complexity index is 1130. The molecule has 0 saturated heterocycles. The Morgan fingerprint density at radius 1 is 0.846 bits per heavy atom. The van der Waals surface area contributed by atoms with E-state index in [0.29, 0.717) is 5.02 Å². The molecule has 0 fully saturated rings. The fraction of sp³-hybridized carbons (Fsp3) is 0.0435. The number of rotatable bonds is 2. The lowest BCUT2D eigenvalue weighted by molar-refractivity contribution is 0.493. The topological polar surface area (TPSA) is 25.0 Å². The van der Waals surface area contributed by atoms with E-state index in [0.717, 1.165) is 28.2 Å². The van der Waals surface area contributed by atoms with E-state index in [-0.39, 0.29) is 5.92 Å². The Kier molecular flexibility index (Phi) is 3.58. The monoisotopic (exact) mass is 357 g/mol. The highest BCUT2D eigenvalue weighted by Gasteiger charge is 2.26. The fourth-order valence-corrected chi connectivity index (χ4v) is 3.80. The van der Waals surface area contributed by atoms with Crippen LogP contribution in [0, 0.1) is 0 Å². The van der Waals surface area contributed by atoms with Crippen LogP contribution in [0.5, 0.6) is 5.75 Å². The molecule has 126 valence electrons.